The van der Waals surface area contributed by atoms with Crippen molar-refractivity contribution in [2.24, 2.45) is 0 Å². The molecule has 0 saturated carbocycles. The second-order valence-electron chi connectivity index (χ2n) is 3.99. The average molecular weight is 306 g/mol. The third-order valence-corrected chi connectivity index (χ3v) is 1.96. The number of rotatable bonds is 5. The van der Waals surface area contributed by atoms with E-state index in [0.717, 1.165) is 32.0 Å². The van der Waals surface area contributed by atoms with Gasteiger partial charge in [0.25, 0.3) is 0 Å². The fourth-order valence-corrected chi connectivity index (χ4v) is 1.06. The van der Waals surface area contributed by atoms with Gasteiger partial charge in [-0.25, -0.2) is 4.57 Å². The van der Waals surface area contributed by atoms with Crippen LogP contribution in [-0.2, 0) is 9.30 Å². The van der Waals surface area contributed by atoms with Gasteiger partial charge in [-0.05, 0) is 18.6 Å². The van der Waals surface area contributed by atoms with E-state index in [9.17, 15) is 0 Å². The van der Waals surface area contributed by atoms with E-state index in [2.05, 4.69) is 11.7 Å². The summed E-state index contributed by atoms with van der Waals surface area (Å²) in [5.41, 5.74) is 0. The summed E-state index contributed by atoms with van der Waals surface area (Å²) in [6, 6.07) is 9.97. The Morgan fingerprint density at radius 3 is 2.05 bits per heavy atom. The molecule has 0 aromatic heterocycles. The minimum absolute atomic E-state index is 0.845. The summed E-state index contributed by atoms with van der Waals surface area (Å²) in [6.07, 6.45) is 3.66. The molecule has 0 unspecified atom stereocenters. The number of para-hydroxylation sites is 1. The van der Waals surface area contributed by atoms with Gasteiger partial charge < -0.3 is 24.2 Å². The zero-order chi connectivity index (χ0) is 15.3. The van der Waals surface area contributed by atoms with Crippen LogP contribution in [0.3, 0.4) is 0 Å². The van der Waals surface area contributed by atoms with E-state index >= 15 is 0 Å². The maximum Gasteiger partial charge on any atom is 0.466 e. The lowest BCUT2D eigenvalue weighted by Crippen LogP contribution is -1.96. The summed E-state index contributed by atoms with van der Waals surface area (Å²) in [5.74, 6) is 0.980. The first-order chi connectivity index (χ1) is 9.43. The SMILES string of the molecule is C1CO1.CCCCCOc1ccccc1.O=P(O)(O)O. The van der Waals surface area contributed by atoms with Crippen LogP contribution in [0.1, 0.15) is 26.2 Å². The van der Waals surface area contributed by atoms with Crippen molar-refractivity contribution in [2.45, 2.75) is 26.2 Å². The number of phosphoric acid groups is 1. The molecule has 1 aromatic rings. The van der Waals surface area contributed by atoms with Crippen LogP contribution in [-0.4, -0.2) is 34.5 Å². The van der Waals surface area contributed by atoms with Gasteiger partial charge in [0.2, 0.25) is 0 Å². The number of ether oxygens (including phenoxy) is 2. The topological polar surface area (TPSA) is 99.5 Å². The second-order valence-corrected chi connectivity index (χ2v) is 5.02. The Bertz CT molecular complexity index is 351. The zero-order valence-corrected chi connectivity index (χ0v) is 12.5. The van der Waals surface area contributed by atoms with Gasteiger partial charge >= 0.3 is 7.82 Å². The predicted molar refractivity (Wildman–Crippen MR) is 76.5 cm³/mol. The molecule has 6 nitrogen and oxygen atoms in total. The summed E-state index contributed by atoms with van der Waals surface area (Å²) in [7, 11) is -4.64. The molecule has 1 aliphatic heterocycles. The summed E-state index contributed by atoms with van der Waals surface area (Å²) in [4.78, 5) is 21.6. The number of benzene rings is 1. The summed E-state index contributed by atoms with van der Waals surface area (Å²) in [5, 5.41) is 0. The van der Waals surface area contributed by atoms with Crippen molar-refractivity contribution < 1.29 is 28.7 Å². The summed E-state index contributed by atoms with van der Waals surface area (Å²) < 4.78 is 18.9. The molecule has 1 saturated heterocycles. The van der Waals surface area contributed by atoms with Gasteiger partial charge in [-0.1, -0.05) is 38.0 Å². The Hall–Kier alpha value is -0.910. The fraction of sp³-hybridized carbons (Fsp3) is 0.538. The van der Waals surface area contributed by atoms with Crippen molar-refractivity contribution in [3.63, 3.8) is 0 Å². The quantitative estimate of drug-likeness (QED) is 0.439. The van der Waals surface area contributed by atoms with E-state index in [1.807, 2.05) is 30.3 Å². The Labute approximate surface area is 119 Å². The molecule has 1 aromatic carbocycles. The van der Waals surface area contributed by atoms with Crippen LogP contribution in [0.4, 0.5) is 0 Å². The van der Waals surface area contributed by atoms with E-state index in [4.69, 9.17) is 24.0 Å². The molecular formula is C13H23O6P. The Morgan fingerprint density at radius 2 is 1.65 bits per heavy atom. The van der Waals surface area contributed by atoms with Crippen molar-refractivity contribution in [1.29, 1.82) is 0 Å². The fourth-order valence-electron chi connectivity index (χ4n) is 1.06. The smallest absolute Gasteiger partial charge is 0.466 e. The maximum atomic E-state index is 8.88. The normalized spacial score (nSPS) is 12.4. The van der Waals surface area contributed by atoms with E-state index in [1.165, 1.54) is 12.8 Å². The highest BCUT2D eigenvalue weighted by molar-refractivity contribution is 7.45. The van der Waals surface area contributed by atoms with E-state index in [-0.39, 0.29) is 0 Å². The largest absolute Gasteiger partial charge is 0.494 e. The lowest BCUT2D eigenvalue weighted by Gasteiger charge is -2.04. The van der Waals surface area contributed by atoms with Crippen LogP contribution >= 0.6 is 7.82 Å². The zero-order valence-electron chi connectivity index (χ0n) is 11.6. The van der Waals surface area contributed by atoms with Crippen molar-refractivity contribution in [3.8, 4) is 5.75 Å². The standard InChI is InChI=1S/C11H16O.C2H4O.H3O4P/c1-2-3-7-10-12-11-8-5-4-6-9-11;1-2-3-1;1-5(2,3)4/h4-6,8-9H,2-3,7,10H2,1H3;1-2H2;(H3,1,2,3,4). The van der Waals surface area contributed by atoms with Gasteiger partial charge in [0.1, 0.15) is 5.75 Å². The van der Waals surface area contributed by atoms with E-state index < -0.39 is 7.82 Å². The van der Waals surface area contributed by atoms with Crippen LogP contribution < -0.4 is 4.74 Å². The van der Waals surface area contributed by atoms with Gasteiger partial charge in [0.05, 0.1) is 19.8 Å². The number of hydrogen-bond donors (Lipinski definition) is 3. The molecule has 1 aliphatic rings. The van der Waals surface area contributed by atoms with Crippen molar-refractivity contribution in [1.82, 2.24) is 0 Å². The van der Waals surface area contributed by atoms with Crippen LogP contribution in [0.25, 0.3) is 0 Å². The maximum absolute atomic E-state index is 8.88. The molecule has 0 amide bonds. The van der Waals surface area contributed by atoms with Crippen LogP contribution in [0, 0.1) is 0 Å². The molecule has 3 N–H and O–H groups in total. The van der Waals surface area contributed by atoms with Crippen LogP contribution in [0.15, 0.2) is 30.3 Å². The minimum Gasteiger partial charge on any atom is -0.494 e. The Kier molecular flexibility index (Phi) is 11.3. The van der Waals surface area contributed by atoms with Crippen molar-refractivity contribution >= 4 is 7.82 Å². The minimum atomic E-state index is -4.64. The first-order valence-electron chi connectivity index (χ1n) is 6.47. The monoisotopic (exact) mass is 306 g/mol. The predicted octanol–water partition coefficient (Wildman–Crippen LogP) is 2.34. The Morgan fingerprint density at radius 1 is 1.15 bits per heavy atom. The van der Waals surface area contributed by atoms with Crippen LogP contribution in [0.2, 0.25) is 0 Å². The molecule has 116 valence electrons. The Balaban J connectivity index is 0.000000369. The molecule has 0 radical (unpaired) electrons. The lowest BCUT2D eigenvalue weighted by molar-refractivity contribution is 0.275. The van der Waals surface area contributed by atoms with Gasteiger partial charge in [-0.3, -0.25) is 0 Å². The van der Waals surface area contributed by atoms with E-state index in [0.29, 0.717) is 0 Å². The molecular weight excluding hydrogens is 283 g/mol. The van der Waals surface area contributed by atoms with Gasteiger partial charge in [0, 0.05) is 0 Å². The van der Waals surface area contributed by atoms with Crippen molar-refractivity contribution in [2.75, 3.05) is 19.8 Å². The first kappa shape index (κ1) is 19.1. The van der Waals surface area contributed by atoms with Crippen molar-refractivity contribution in [3.05, 3.63) is 30.3 Å². The molecule has 0 atom stereocenters. The van der Waals surface area contributed by atoms with Gasteiger partial charge in [0.15, 0.2) is 0 Å². The molecule has 0 bridgehead atoms. The summed E-state index contributed by atoms with van der Waals surface area (Å²) >= 11 is 0. The highest BCUT2D eigenvalue weighted by Gasteiger charge is 2.00. The molecule has 1 heterocycles. The molecule has 1 fully saturated rings. The highest BCUT2D eigenvalue weighted by atomic mass is 31.2. The first-order valence-corrected chi connectivity index (χ1v) is 8.04. The number of epoxide rings is 1. The molecule has 7 heteroatoms. The number of hydrogen-bond acceptors (Lipinski definition) is 3. The molecule has 2 rings (SSSR count). The third-order valence-electron chi connectivity index (χ3n) is 1.96. The number of unbranched alkanes of at least 4 members (excludes halogenated alkanes) is 2. The third kappa shape index (κ3) is 22.3. The highest BCUT2D eigenvalue weighted by Crippen LogP contribution is 2.25. The van der Waals surface area contributed by atoms with Gasteiger partial charge in [-0.2, -0.15) is 0 Å². The molecule has 0 spiro atoms. The lowest BCUT2D eigenvalue weighted by atomic mass is 10.3. The van der Waals surface area contributed by atoms with E-state index in [1.54, 1.807) is 0 Å². The van der Waals surface area contributed by atoms with Crippen LogP contribution in [0.5, 0.6) is 5.75 Å². The second kappa shape index (κ2) is 11.9. The molecule has 0 aliphatic carbocycles. The van der Waals surface area contributed by atoms with Gasteiger partial charge in [-0.15, -0.1) is 0 Å². The molecule has 20 heavy (non-hydrogen) atoms. The summed E-state index contributed by atoms with van der Waals surface area (Å²) in [6.45, 7) is 5.04. The average Bonchev–Trinajstić information content (AvgIpc) is 3.22.